The van der Waals surface area contributed by atoms with Crippen LogP contribution in [0.1, 0.15) is 168 Å². The van der Waals surface area contributed by atoms with Gasteiger partial charge in [-0.05, 0) is 248 Å². The first-order chi connectivity index (χ1) is 71.4. The van der Waals surface area contributed by atoms with E-state index < -0.39 is 79.4 Å². The first-order valence-corrected chi connectivity index (χ1v) is 48.3. The second-order valence-corrected chi connectivity index (χ2v) is 39.5. The third kappa shape index (κ3) is 20.8. The number of pyridine rings is 7. The van der Waals surface area contributed by atoms with E-state index in [1.165, 1.54) is 90.6 Å². The summed E-state index contributed by atoms with van der Waals surface area (Å²) in [5, 5.41) is 16.4. The molecule has 1 saturated carbocycles. The quantitative estimate of drug-likeness (QED) is 0.0108. The maximum absolute atomic E-state index is 15.1. The molecule has 0 amide bonds. The van der Waals surface area contributed by atoms with Crippen molar-refractivity contribution >= 4 is 146 Å². The fraction of sp³-hybridized carbons (Fsp3) is 0.209. The molecule has 0 radical (unpaired) electrons. The van der Waals surface area contributed by atoms with Gasteiger partial charge in [0, 0.05) is 152 Å². The zero-order valence-electron chi connectivity index (χ0n) is 83.5. The number of nitro benzene ring substituents is 1. The number of methoxy groups -OCH3 is 1. The van der Waals surface area contributed by atoms with Gasteiger partial charge in [0.05, 0.1) is 109 Å². The van der Waals surface area contributed by atoms with Crippen molar-refractivity contribution in [1.82, 2.24) is 52.3 Å². The summed E-state index contributed by atoms with van der Waals surface area (Å²) in [6.45, 7) is 18.9. The van der Waals surface area contributed by atoms with Crippen LogP contribution < -0.4 is 28.0 Å². The highest BCUT2D eigenvalue weighted by Crippen LogP contribution is 2.47. The Morgan fingerprint density at radius 2 is 0.813 bits per heavy atom. The number of nitrogen functional groups attached to an aromatic ring is 1. The summed E-state index contributed by atoms with van der Waals surface area (Å²) < 4.78 is 99.3. The second-order valence-electron chi connectivity index (χ2n) is 38.8. The largest absolute Gasteiger partial charge is 0.464 e. The first-order valence-electron chi connectivity index (χ1n) is 47.6. The zero-order valence-corrected chi connectivity index (χ0v) is 85.0. The van der Waals surface area contributed by atoms with E-state index in [0.29, 0.717) is 116 Å². The molecule has 0 atom stereocenters. The predicted molar refractivity (Wildman–Crippen MR) is 567 cm³/mol. The topological polar surface area (TPSA) is 367 Å². The number of non-ortho nitro benzene ring substituents is 1. The van der Waals surface area contributed by atoms with Gasteiger partial charge < -0.3 is 48.2 Å². The third-order valence-electron chi connectivity index (χ3n) is 26.1. The van der Waals surface area contributed by atoms with Gasteiger partial charge >= 0.3 is 17.9 Å². The molecule has 20 rings (SSSR count). The van der Waals surface area contributed by atoms with Gasteiger partial charge in [0.25, 0.3) is 27.9 Å². The molecule has 0 bridgehead atoms. The van der Waals surface area contributed by atoms with E-state index in [1.54, 1.807) is 155 Å². The number of carbonyl (C=O) groups is 6. The van der Waals surface area contributed by atoms with Crippen LogP contribution in [-0.2, 0) is 63.4 Å². The Hall–Kier alpha value is -17.2. The average Bonchev–Trinajstić information content (AvgIpc) is 1.59. The van der Waals surface area contributed by atoms with Crippen molar-refractivity contribution in [3.8, 4) is 44.5 Å². The summed E-state index contributed by atoms with van der Waals surface area (Å²) in [7, 11) is 1.24. The van der Waals surface area contributed by atoms with Gasteiger partial charge in [-0.25, -0.2) is 41.7 Å². The number of rotatable bonds is 22. The van der Waals surface area contributed by atoms with E-state index in [0.717, 1.165) is 63.8 Å². The summed E-state index contributed by atoms with van der Waals surface area (Å²) in [5.41, 5.74) is 13.2. The Morgan fingerprint density at radius 1 is 0.433 bits per heavy atom. The van der Waals surface area contributed by atoms with Gasteiger partial charge in [-0.1, -0.05) is 77.8 Å². The first kappa shape index (κ1) is 104. The second kappa shape index (κ2) is 42.0. The lowest BCUT2D eigenvalue weighted by Crippen LogP contribution is -2.28. The Morgan fingerprint density at radius 3 is 1.23 bits per heavy atom. The number of carbonyl (C=O) groups excluding carboxylic acids is 6. The number of esters is 3. The number of nitro groups is 1. The number of nitrogens with one attached hydrogen (secondary N) is 2. The van der Waals surface area contributed by atoms with E-state index in [9.17, 15) is 71.2 Å². The standard InChI is InChI=1S/C32H29ClFN3O5.C32H29ClFN3O4.C26H21FN4O2.C25H19F2N3O4/c1-18-13-22-25(15-23(18)34)37(16-20-14-19-9-6-7-11-24(19)35-28(20)33)27(30(39)41-5)26(22)21-10-8-12-36(29(21)38)17-42-31(40)32(2,3)4;1-18-13-23-26(15-24(18)34)37(16-21-14-20-9-6-7-11-25(20)35-29(21)33)28(19(2)38)27(23)22-10-8-12-36(30(22)39)17-41-31(40)32(3,4)5;1-14-10-19-22(12-20(14)27)31(13-16-11-23(28)30-21-8-4-3-6-17(16)21)25(15(2)32)24(19)18-7-5-9-29-26(18)33;1-13(31)24-23(17-3-2-8-28-25(17)32)19-10-18(14-4-5-14)21(27)11-22(19)29(24)12-15-9-16(30(33)34)6-7-20(15)26/h6-15H,16-17H2,1-5H3;6-15H,16-17H2,1-5H3;3-12H,13H2,1-2H3,(H2,28,30)(H,29,33);2-3,6-11,14H,4-5,12H2,1H3,(H,28,32). The van der Waals surface area contributed by atoms with E-state index in [-0.39, 0.29) is 129 Å². The fourth-order valence-corrected chi connectivity index (χ4v) is 19.0. The number of hydrogen-bond acceptors (Lipinski definition) is 19. The molecule has 150 heavy (non-hydrogen) atoms. The number of para-hydroxylation sites is 3. The van der Waals surface area contributed by atoms with Crippen LogP contribution in [0.4, 0.5) is 33.5 Å². The van der Waals surface area contributed by atoms with E-state index in [4.69, 9.17) is 43.1 Å². The Labute approximate surface area is 862 Å². The Balaban J connectivity index is 0.000000137. The van der Waals surface area contributed by atoms with Gasteiger partial charge in [0.1, 0.15) is 50.9 Å². The highest BCUT2D eigenvalue weighted by atomic mass is 35.5. The van der Waals surface area contributed by atoms with E-state index in [1.807, 2.05) is 84.9 Å². The van der Waals surface area contributed by atoms with Crippen molar-refractivity contribution in [3.05, 3.63) is 389 Å². The van der Waals surface area contributed by atoms with Crippen LogP contribution in [-0.4, -0.2) is 99.6 Å². The van der Waals surface area contributed by atoms with Gasteiger partial charge in [-0.15, -0.1) is 0 Å². The molecule has 0 unspecified atom stereocenters. The van der Waals surface area contributed by atoms with Crippen molar-refractivity contribution in [2.45, 2.75) is 141 Å². The number of H-pyrrole nitrogens is 2. The van der Waals surface area contributed by atoms with Gasteiger partial charge in [0.2, 0.25) is 0 Å². The molecule has 1 aliphatic rings. The molecule has 1 fully saturated rings. The van der Waals surface area contributed by atoms with Gasteiger partial charge in [-0.3, -0.25) is 62.4 Å². The molecule has 11 heterocycles. The molecule has 0 spiro atoms. The number of Topliss-reactive ketones (excluding diaryl/α,β-unsaturated/α-hetero) is 3. The van der Waals surface area contributed by atoms with Crippen molar-refractivity contribution in [2.75, 3.05) is 12.8 Å². The molecular formula is C115H98Cl2F5N13O15. The number of nitrogens with zero attached hydrogens (tertiary/aromatic N) is 10. The monoisotopic (exact) mass is 2070 g/mol. The van der Waals surface area contributed by atoms with Crippen molar-refractivity contribution in [3.63, 3.8) is 0 Å². The van der Waals surface area contributed by atoms with E-state index in [2.05, 4.69) is 24.9 Å². The van der Waals surface area contributed by atoms with Crippen LogP contribution in [0.15, 0.2) is 250 Å². The maximum atomic E-state index is 15.1. The SMILES string of the molecule is CC(=O)c1c(-c2ccc[nH]c2=O)c2cc(C)c(F)cc2n1Cc1cc(N)nc2ccccc12.CC(=O)c1c(-c2ccc[nH]c2=O)c2cc(C3CC3)c(F)cc2n1Cc1cc([N+](=O)[O-])ccc1F.CC(=O)c1c(-c2cccn(COC(=O)C(C)(C)C)c2=O)c2cc(C)c(F)cc2n1Cc1cc2ccccc2nc1Cl.COC(=O)c1c(-c2cccn(COC(=O)C(C)(C)C)c2=O)c2cc(C)c(F)cc2n1Cc1cc2ccccc2nc1Cl. The molecule has 0 saturated heterocycles. The van der Waals surface area contributed by atoms with Crippen LogP contribution >= 0.6 is 23.2 Å². The van der Waals surface area contributed by atoms with E-state index >= 15 is 8.78 Å². The number of ketones is 3. The van der Waals surface area contributed by atoms with Gasteiger partial charge in [0.15, 0.2) is 30.8 Å². The summed E-state index contributed by atoms with van der Waals surface area (Å²) in [4.78, 5) is 159. The van der Waals surface area contributed by atoms with Gasteiger partial charge in [-0.2, -0.15) is 0 Å². The van der Waals surface area contributed by atoms with Crippen LogP contribution in [0, 0.1) is 70.8 Å². The molecule has 19 aromatic rings. The molecule has 4 N–H and O–H groups in total. The molecule has 8 aromatic carbocycles. The number of aromatic amines is 2. The third-order valence-corrected chi connectivity index (χ3v) is 26.8. The predicted octanol–water partition coefficient (Wildman–Crippen LogP) is 23.6. The number of fused-ring (bicyclic) bond motifs is 7. The lowest BCUT2D eigenvalue weighted by molar-refractivity contribution is -0.385. The maximum Gasteiger partial charge on any atom is 0.355 e. The van der Waals surface area contributed by atoms with Crippen LogP contribution in [0.3, 0.4) is 0 Å². The normalized spacial score (nSPS) is 12.0. The Kier molecular flexibility index (Phi) is 29.1. The average molecular weight is 2070 g/mol. The van der Waals surface area contributed by atoms with Crippen LogP contribution in [0.25, 0.3) is 121 Å². The summed E-state index contributed by atoms with van der Waals surface area (Å²) in [6, 6.07) is 56.2. The number of hydrogen-bond donors (Lipinski definition) is 3. The molecule has 762 valence electrons. The summed E-state index contributed by atoms with van der Waals surface area (Å²) in [5.74, 6) is -4.63. The van der Waals surface area contributed by atoms with Crippen LogP contribution in [0.5, 0.6) is 0 Å². The minimum Gasteiger partial charge on any atom is -0.464 e. The molecule has 0 aliphatic heterocycles. The lowest BCUT2D eigenvalue weighted by Gasteiger charge is -2.17. The Bertz CT molecular complexity index is 9110. The summed E-state index contributed by atoms with van der Waals surface area (Å²) in [6.07, 6.45) is 7.71. The number of nitrogens with two attached hydrogens (primary N) is 1. The molecule has 11 aromatic heterocycles. The number of anilines is 1. The highest BCUT2D eigenvalue weighted by Gasteiger charge is 2.36. The van der Waals surface area contributed by atoms with Crippen molar-refractivity contribution in [1.29, 1.82) is 0 Å². The van der Waals surface area contributed by atoms with Crippen molar-refractivity contribution < 1.29 is 69.9 Å². The number of aryl methyl sites for hydroxylation is 3. The van der Waals surface area contributed by atoms with Crippen molar-refractivity contribution in [2.24, 2.45) is 10.8 Å². The number of ether oxygens (including phenoxy) is 3. The molecule has 35 heteroatoms. The fourth-order valence-electron chi connectivity index (χ4n) is 18.6. The molecular weight excluding hydrogens is 1970 g/mol. The number of aromatic nitrogens is 11. The highest BCUT2D eigenvalue weighted by molar-refractivity contribution is 6.31. The number of halogens is 7. The molecule has 1 aliphatic carbocycles. The smallest absolute Gasteiger partial charge is 0.355 e. The zero-order chi connectivity index (χ0) is 107. The minimum absolute atomic E-state index is 0.0335. The lowest BCUT2D eigenvalue weighted by atomic mass is 9.97. The molecule has 28 nitrogen and oxygen atoms in total. The summed E-state index contributed by atoms with van der Waals surface area (Å²) >= 11 is 13.2. The number of benzene rings is 8. The minimum atomic E-state index is -0.757. The van der Waals surface area contributed by atoms with Crippen LogP contribution in [0.2, 0.25) is 10.3 Å².